The van der Waals surface area contributed by atoms with E-state index < -0.39 is 5.97 Å². The molecule has 0 aromatic rings. The zero-order valence-corrected chi connectivity index (χ0v) is 9.72. The molecule has 5 nitrogen and oxygen atoms in total. The first-order chi connectivity index (χ1) is 7.70. The van der Waals surface area contributed by atoms with Crippen molar-refractivity contribution in [1.29, 1.82) is 0 Å². The molecule has 1 heterocycles. The average Bonchev–Trinajstić information content (AvgIpc) is 2.75. The minimum absolute atomic E-state index is 0.0867. The van der Waals surface area contributed by atoms with Gasteiger partial charge in [-0.15, -0.1) is 0 Å². The van der Waals surface area contributed by atoms with E-state index in [9.17, 15) is 9.59 Å². The van der Waals surface area contributed by atoms with Gasteiger partial charge in [-0.05, 0) is 0 Å². The number of carboxylic acids is 1. The third kappa shape index (κ3) is 5.06. The molecule has 0 saturated carbocycles. The fourth-order valence-corrected chi connectivity index (χ4v) is 1.94. The highest BCUT2D eigenvalue weighted by molar-refractivity contribution is 7.99. The Labute approximate surface area is 98.2 Å². The Kier molecular flexibility index (Phi) is 5.77. The summed E-state index contributed by atoms with van der Waals surface area (Å²) in [5, 5.41) is 11.2. The summed E-state index contributed by atoms with van der Waals surface area (Å²) in [5.74, 6) is 0.436. The van der Waals surface area contributed by atoms with Crippen LogP contribution in [0.15, 0.2) is 11.8 Å². The van der Waals surface area contributed by atoms with Crippen LogP contribution in [0.2, 0.25) is 0 Å². The van der Waals surface area contributed by atoms with Crippen LogP contribution in [0.25, 0.3) is 0 Å². The van der Waals surface area contributed by atoms with Crippen molar-refractivity contribution in [3.63, 3.8) is 0 Å². The highest BCUT2D eigenvalue weighted by Crippen LogP contribution is 2.09. The van der Waals surface area contributed by atoms with Crippen molar-refractivity contribution in [1.82, 2.24) is 5.32 Å². The molecule has 0 aromatic carbocycles. The highest BCUT2D eigenvalue weighted by atomic mass is 32.2. The summed E-state index contributed by atoms with van der Waals surface area (Å²) in [5.41, 5.74) is 0.676. The maximum atomic E-state index is 11.4. The van der Waals surface area contributed by atoms with Gasteiger partial charge in [-0.3, -0.25) is 9.59 Å². The monoisotopic (exact) mass is 245 g/mol. The summed E-state index contributed by atoms with van der Waals surface area (Å²) < 4.78 is 4.96. The zero-order chi connectivity index (χ0) is 11.8. The average molecular weight is 245 g/mol. The van der Waals surface area contributed by atoms with Gasteiger partial charge in [0, 0.05) is 24.5 Å². The van der Waals surface area contributed by atoms with Gasteiger partial charge < -0.3 is 15.2 Å². The first-order valence-electron chi connectivity index (χ1n) is 5.08. The fraction of sp³-hybridized carbons (Fsp3) is 0.600. The van der Waals surface area contributed by atoms with Crippen molar-refractivity contribution in [3.05, 3.63) is 11.8 Å². The zero-order valence-electron chi connectivity index (χ0n) is 8.90. The molecule has 90 valence electrons. The van der Waals surface area contributed by atoms with Crippen LogP contribution in [0.4, 0.5) is 0 Å². The lowest BCUT2D eigenvalue weighted by Crippen LogP contribution is -2.26. The highest BCUT2D eigenvalue weighted by Gasteiger charge is 2.13. The maximum absolute atomic E-state index is 11.4. The Morgan fingerprint density at radius 1 is 1.50 bits per heavy atom. The molecular formula is C10H15NO4S. The largest absolute Gasteiger partial charge is 0.500 e. The van der Waals surface area contributed by atoms with Crippen molar-refractivity contribution in [2.45, 2.75) is 12.8 Å². The molecule has 0 bridgehead atoms. The molecule has 2 N–H and O–H groups in total. The second-order valence-corrected chi connectivity index (χ2v) is 4.50. The Balaban J connectivity index is 1.98. The molecule has 0 radical (unpaired) electrons. The van der Waals surface area contributed by atoms with Crippen LogP contribution in [0.3, 0.4) is 0 Å². The topological polar surface area (TPSA) is 75.6 Å². The molecule has 0 unspecified atom stereocenters. The van der Waals surface area contributed by atoms with Crippen molar-refractivity contribution in [2.24, 2.45) is 0 Å². The van der Waals surface area contributed by atoms with Crippen LogP contribution in [0.1, 0.15) is 12.8 Å². The lowest BCUT2D eigenvalue weighted by molar-refractivity contribution is -0.136. The van der Waals surface area contributed by atoms with Gasteiger partial charge >= 0.3 is 5.97 Å². The number of ether oxygens (including phenoxy) is 1. The van der Waals surface area contributed by atoms with Gasteiger partial charge in [0.1, 0.15) is 0 Å². The van der Waals surface area contributed by atoms with Crippen LogP contribution in [0, 0.1) is 0 Å². The summed E-state index contributed by atoms with van der Waals surface area (Å²) >= 11 is 1.52. The molecule has 1 amide bonds. The third-order valence-corrected chi connectivity index (χ3v) is 2.98. The lowest BCUT2D eigenvalue weighted by atomic mass is 10.2. The summed E-state index contributed by atoms with van der Waals surface area (Å²) in [7, 11) is 0. The number of thioether (sulfide) groups is 1. The maximum Gasteiger partial charge on any atom is 0.304 e. The van der Waals surface area contributed by atoms with Crippen molar-refractivity contribution < 1.29 is 19.4 Å². The third-order valence-electron chi connectivity index (χ3n) is 2.00. The normalized spacial score (nSPS) is 14.1. The fourth-order valence-electron chi connectivity index (χ4n) is 1.17. The molecule has 0 aliphatic carbocycles. The van der Waals surface area contributed by atoms with E-state index in [0.29, 0.717) is 30.9 Å². The van der Waals surface area contributed by atoms with Gasteiger partial charge in [0.05, 0.1) is 24.9 Å². The van der Waals surface area contributed by atoms with Crippen molar-refractivity contribution in [2.75, 3.05) is 24.7 Å². The Morgan fingerprint density at radius 2 is 2.31 bits per heavy atom. The number of hydrogen-bond acceptors (Lipinski definition) is 4. The Hall–Kier alpha value is -1.17. The number of carboxylic acid groups (broad SMARTS) is 1. The Morgan fingerprint density at radius 3 is 2.94 bits per heavy atom. The molecule has 0 spiro atoms. The van der Waals surface area contributed by atoms with E-state index in [0.717, 1.165) is 5.75 Å². The van der Waals surface area contributed by atoms with Gasteiger partial charge in [-0.2, -0.15) is 11.8 Å². The number of aliphatic carboxylic acids is 1. The number of rotatable bonds is 7. The van der Waals surface area contributed by atoms with E-state index in [1.807, 2.05) is 0 Å². The number of carbonyl (C=O) groups excluding carboxylic acids is 1. The first-order valence-corrected chi connectivity index (χ1v) is 6.24. The summed E-state index contributed by atoms with van der Waals surface area (Å²) in [4.78, 5) is 21.6. The van der Waals surface area contributed by atoms with Crippen LogP contribution in [-0.4, -0.2) is 41.6 Å². The van der Waals surface area contributed by atoms with Crippen LogP contribution in [0.5, 0.6) is 0 Å². The quantitative estimate of drug-likeness (QED) is 0.643. The van der Waals surface area contributed by atoms with Gasteiger partial charge in [0.2, 0.25) is 5.91 Å². The van der Waals surface area contributed by atoms with E-state index >= 15 is 0 Å². The van der Waals surface area contributed by atoms with Crippen LogP contribution in [-0.2, 0) is 14.3 Å². The van der Waals surface area contributed by atoms with Crippen molar-refractivity contribution >= 4 is 23.6 Å². The van der Waals surface area contributed by atoms with Crippen molar-refractivity contribution in [3.8, 4) is 0 Å². The minimum atomic E-state index is -0.787. The van der Waals surface area contributed by atoms with Gasteiger partial charge in [-0.25, -0.2) is 0 Å². The number of hydrogen-bond donors (Lipinski definition) is 2. The standard InChI is InChI=1S/C10H15NO4S/c12-9(13)2-5-16-6-3-11-10(14)8-1-4-15-7-8/h7H,1-6H2,(H,11,14)(H,12,13). The number of carbonyl (C=O) groups is 2. The number of nitrogens with one attached hydrogen (secondary N) is 1. The predicted octanol–water partition coefficient (Wildman–Crippen LogP) is 0.615. The molecule has 16 heavy (non-hydrogen) atoms. The molecule has 6 heteroatoms. The van der Waals surface area contributed by atoms with E-state index in [1.165, 1.54) is 18.0 Å². The summed E-state index contributed by atoms with van der Waals surface area (Å²) in [6.07, 6.45) is 2.32. The minimum Gasteiger partial charge on any atom is -0.500 e. The first kappa shape index (κ1) is 12.9. The Bertz CT molecular complexity index is 291. The molecule has 0 atom stereocenters. The van der Waals surface area contributed by atoms with Crippen LogP contribution < -0.4 is 5.32 Å². The second-order valence-electron chi connectivity index (χ2n) is 3.28. The van der Waals surface area contributed by atoms with Crippen LogP contribution >= 0.6 is 11.8 Å². The molecule has 1 aliphatic heterocycles. The smallest absolute Gasteiger partial charge is 0.304 e. The SMILES string of the molecule is O=C(O)CCSCCNC(=O)C1=COCC1. The summed E-state index contributed by atoms with van der Waals surface area (Å²) in [6, 6.07) is 0. The van der Waals surface area contributed by atoms with E-state index in [2.05, 4.69) is 5.32 Å². The lowest BCUT2D eigenvalue weighted by Gasteiger charge is -2.03. The van der Waals surface area contributed by atoms with E-state index in [-0.39, 0.29) is 12.3 Å². The molecule has 0 fully saturated rings. The van der Waals surface area contributed by atoms with E-state index in [1.54, 1.807) is 0 Å². The predicted molar refractivity (Wildman–Crippen MR) is 61.2 cm³/mol. The number of amides is 1. The second kappa shape index (κ2) is 7.16. The van der Waals surface area contributed by atoms with Gasteiger partial charge in [0.15, 0.2) is 0 Å². The summed E-state index contributed by atoms with van der Waals surface area (Å²) in [6.45, 7) is 1.14. The molecular weight excluding hydrogens is 230 g/mol. The van der Waals surface area contributed by atoms with E-state index in [4.69, 9.17) is 9.84 Å². The van der Waals surface area contributed by atoms with Gasteiger partial charge in [0.25, 0.3) is 0 Å². The van der Waals surface area contributed by atoms with Gasteiger partial charge in [-0.1, -0.05) is 0 Å². The molecule has 0 saturated heterocycles. The molecule has 1 rings (SSSR count). The molecule has 1 aliphatic rings. The molecule has 0 aromatic heterocycles.